The van der Waals surface area contributed by atoms with Crippen molar-refractivity contribution in [1.29, 1.82) is 0 Å². The summed E-state index contributed by atoms with van der Waals surface area (Å²) in [4.78, 5) is 45.0. The van der Waals surface area contributed by atoms with Crippen LogP contribution in [0.2, 0.25) is 10.0 Å². The third-order valence-corrected chi connectivity index (χ3v) is 5.42. The number of nitrogens with zero attached hydrogens (tertiary/aromatic N) is 3. The number of hydrogen-bond donors (Lipinski definition) is 2. The molecule has 0 unspecified atom stereocenters. The van der Waals surface area contributed by atoms with Crippen LogP contribution in [0.15, 0.2) is 75.2 Å². The molecule has 0 amide bonds. The molecule has 2 aromatic carbocycles. The molecule has 4 aromatic rings. The molecule has 2 heterocycles. The minimum Gasteiger partial charge on any atom is -0.497 e. The molecular formula is C23H19Cl2N5O4. The second kappa shape index (κ2) is 9.98. The molecule has 0 aliphatic carbocycles. The lowest BCUT2D eigenvalue weighted by atomic mass is 10.2. The monoisotopic (exact) mass is 499 g/mol. The number of rotatable bonds is 7. The molecule has 11 heteroatoms. The number of methoxy groups -OCH3 is 1. The maximum atomic E-state index is 13.4. The van der Waals surface area contributed by atoms with Crippen LogP contribution < -0.4 is 27.0 Å². The third kappa shape index (κ3) is 5.22. The normalized spacial score (nSPS) is 10.8. The van der Waals surface area contributed by atoms with E-state index < -0.39 is 16.9 Å². The highest BCUT2D eigenvalue weighted by molar-refractivity contribution is 6.34. The Labute approximate surface area is 203 Å². The summed E-state index contributed by atoms with van der Waals surface area (Å²) >= 11 is 12.3. The quantitative estimate of drug-likeness (QED) is 0.403. The van der Waals surface area contributed by atoms with Gasteiger partial charge in [0.2, 0.25) is 5.95 Å². The molecule has 0 saturated carbocycles. The highest BCUT2D eigenvalue weighted by Gasteiger charge is 2.16. The van der Waals surface area contributed by atoms with Crippen molar-refractivity contribution in [1.82, 2.24) is 19.1 Å². The molecular weight excluding hydrogens is 481 g/mol. The molecule has 34 heavy (non-hydrogen) atoms. The summed E-state index contributed by atoms with van der Waals surface area (Å²) in [5.74, 6) is 0.669. The molecule has 9 nitrogen and oxygen atoms in total. The van der Waals surface area contributed by atoms with Crippen LogP contribution in [-0.4, -0.2) is 26.2 Å². The van der Waals surface area contributed by atoms with E-state index in [-0.39, 0.29) is 24.6 Å². The van der Waals surface area contributed by atoms with Crippen LogP contribution in [0.4, 0.5) is 11.6 Å². The molecule has 0 aliphatic rings. The fraction of sp³-hybridized carbons (Fsp3) is 0.130. The van der Waals surface area contributed by atoms with Crippen LogP contribution >= 0.6 is 23.2 Å². The highest BCUT2D eigenvalue weighted by atomic mass is 35.5. The van der Waals surface area contributed by atoms with Crippen molar-refractivity contribution >= 4 is 34.8 Å². The lowest BCUT2D eigenvalue weighted by molar-refractivity contribution is 0.415. The van der Waals surface area contributed by atoms with Gasteiger partial charge in [-0.25, -0.2) is 14.2 Å². The highest BCUT2D eigenvalue weighted by Crippen LogP contribution is 2.21. The van der Waals surface area contributed by atoms with Gasteiger partial charge in [-0.1, -0.05) is 29.3 Å². The lowest BCUT2D eigenvalue weighted by Gasteiger charge is -2.16. The van der Waals surface area contributed by atoms with E-state index in [1.807, 2.05) is 0 Å². The molecule has 0 saturated heterocycles. The van der Waals surface area contributed by atoms with Gasteiger partial charge in [0.25, 0.3) is 5.56 Å². The molecule has 2 N–H and O–H groups in total. The predicted molar refractivity (Wildman–Crippen MR) is 131 cm³/mol. The summed E-state index contributed by atoms with van der Waals surface area (Å²) in [6, 6.07) is 14.9. The van der Waals surface area contributed by atoms with Crippen molar-refractivity contribution in [3.63, 3.8) is 0 Å². The summed E-state index contributed by atoms with van der Waals surface area (Å²) in [5.41, 5.74) is -0.400. The Morgan fingerprint density at radius 2 is 1.68 bits per heavy atom. The number of halogens is 2. The first-order valence-electron chi connectivity index (χ1n) is 10.1. The van der Waals surface area contributed by atoms with Gasteiger partial charge in [-0.3, -0.25) is 9.36 Å². The smallest absolute Gasteiger partial charge is 0.355 e. The largest absolute Gasteiger partial charge is 0.497 e. The fourth-order valence-electron chi connectivity index (χ4n) is 3.34. The number of benzene rings is 2. The van der Waals surface area contributed by atoms with Crippen LogP contribution in [0.25, 0.3) is 0 Å². The van der Waals surface area contributed by atoms with E-state index in [1.165, 1.54) is 16.8 Å². The van der Waals surface area contributed by atoms with E-state index in [0.29, 0.717) is 27.0 Å². The number of hydrogen-bond acceptors (Lipinski definition) is 6. The van der Waals surface area contributed by atoms with E-state index in [2.05, 4.69) is 15.3 Å². The summed E-state index contributed by atoms with van der Waals surface area (Å²) in [7, 11) is 1.55. The van der Waals surface area contributed by atoms with E-state index in [9.17, 15) is 14.4 Å². The number of anilines is 2. The van der Waals surface area contributed by atoms with Crippen molar-refractivity contribution in [3.8, 4) is 5.75 Å². The maximum Gasteiger partial charge on any atom is 0.355 e. The standard InChI is InChI=1S/C23H19Cl2N5O4/c1-34-19-6-4-18(5-7-19)27-21-28-22(32)30(13-15-3-2-8-26-20(15)31)23(33)29(21)12-14-9-16(24)11-17(25)10-14/h2-11H,12-13H2,1H3,(H,26,31)(H,27,28,32). The maximum absolute atomic E-state index is 13.4. The zero-order chi connectivity index (χ0) is 24.2. The first-order valence-corrected chi connectivity index (χ1v) is 10.8. The Morgan fingerprint density at radius 1 is 0.971 bits per heavy atom. The Balaban J connectivity index is 1.82. The lowest BCUT2D eigenvalue weighted by Crippen LogP contribution is -2.43. The molecule has 0 atom stereocenters. The fourth-order valence-corrected chi connectivity index (χ4v) is 3.91. The number of ether oxygens (including phenoxy) is 1. The minimum atomic E-state index is -0.801. The first kappa shape index (κ1) is 23.3. The summed E-state index contributed by atoms with van der Waals surface area (Å²) < 4.78 is 7.34. The van der Waals surface area contributed by atoms with Crippen molar-refractivity contribution in [2.45, 2.75) is 13.1 Å². The summed E-state index contributed by atoms with van der Waals surface area (Å²) in [5, 5.41) is 3.81. The number of pyridine rings is 1. The SMILES string of the molecule is COc1ccc(Nc2nc(=O)n(Cc3ccc[nH]c3=O)c(=O)n2Cc2cc(Cl)cc(Cl)c2)cc1. The van der Waals surface area contributed by atoms with Gasteiger partial charge >= 0.3 is 11.4 Å². The van der Waals surface area contributed by atoms with Gasteiger partial charge in [-0.05, 0) is 54.1 Å². The molecule has 0 bridgehead atoms. The molecule has 4 rings (SSSR count). The zero-order valence-electron chi connectivity index (χ0n) is 17.9. The average Bonchev–Trinajstić information content (AvgIpc) is 2.80. The van der Waals surface area contributed by atoms with Crippen LogP contribution in [0, 0.1) is 0 Å². The summed E-state index contributed by atoms with van der Waals surface area (Å²) in [6.07, 6.45) is 1.47. The van der Waals surface area contributed by atoms with Crippen LogP contribution in [0.1, 0.15) is 11.1 Å². The van der Waals surface area contributed by atoms with Gasteiger partial charge in [0, 0.05) is 27.5 Å². The third-order valence-electron chi connectivity index (χ3n) is 4.99. The van der Waals surface area contributed by atoms with Crippen molar-refractivity contribution in [2.24, 2.45) is 0 Å². The Hall–Kier alpha value is -3.82. The molecule has 0 fully saturated rings. The van der Waals surface area contributed by atoms with Gasteiger partial charge < -0.3 is 15.0 Å². The number of aromatic amines is 1. The first-order chi connectivity index (χ1) is 16.3. The molecule has 0 radical (unpaired) electrons. The van der Waals surface area contributed by atoms with Gasteiger partial charge in [-0.15, -0.1) is 0 Å². The Bertz CT molecular complexity index is 1490. The number of nitrogens with one attached hydrogen (secondary N) is 2. The van der Waals surface area contributed by atoms with E-state index in [0.717, 1.165) is 4.57 Å². The van der Waals surface area contributed by atoms with Crippen LogP contribution in [0.3, 0.4) is 0 Å². The average molecular weight is 500 g/mol. The van der Waals surface area contributed by atoms with Crippen molar-refractivity contribution in [2.75, 3.05) is 12.4 Å². The van der Waals surface area contributed by atoms with Crippen LogP contribution in [0.5, 0.6) is 5.75 Å². The van der Waals surface area contributed by atoms with Crippen molar-refractivity contribution < 1.29 is 4.74 Å². The second-order valence-corrected chi connectivity index (χ2v) is 8.20. The number of H-pyrrole nitrogens is 1. The molecule has 2 aromatic heterocycles. The van der Waals surface area contributed by atoms with E-state index in [1.54, 1.807) is 55.6 Å². The molecule has 174 valence electrons. The number of aromatic nitrogens is 4. The van der Waals surface area contributed by atoms with E-state index >= 15 is 0 Å². The Kier molecular flexibility index (Phi) is 6.85. The summed E-state index contributed by atoms with van der Waals surface area (Å²) in [6.45, 7) is -0.212. The van der Waals surface area contributed by atoms with Gasteiger partial charge in [0.15, 0.2) is 0 Å². The van der Waals surface area contributed by atoms with E-state index in [4.69, 9.17) is 27.9 Å². The predicted octanol–water partition coefficient (Wildman–Crippen LogP) is 3.25. The second-order valence-electron chi connectivity index (χ2n) is 7.33. The molecule has 0 spiro atoms. The molecule has 0 aliphatic heterocycles. The topological polar surface area (TPSA) is 111 Å². The van der Waals surface area contributed by atoms with Crippen LogP contribution in [-0.2, 0) is 13.1 Å². The van der Waals surface area contributed by atoms with Crippen molar-refractivity contribution in [3.05, 3.63) is 113 Å². The van der Waals surface area contributed by atoms with Gasteiger partial charge in [0.1, 0.15) is 5.75 Å². The van der Waals surface area contributed by atoms with Gasteiger partial charge in [0.05, 0.1) is 20.2 Å². The minimum absolute atomic E-state index is 0.0227. The van der Waals surface area contributed by atoms with Gasteiger partial charge in [-0.2, -0.15) is 4.98 Å². The zero-order valence-corrected chi connectivity index (χ0v) is 19.4. The Morgan fingerprint density at radius 3 is 2.32 bits per heavy atom.